The van der Waals surface area contributed by atoms with E-state index in [0.29, 0.717) is 18.8 Å². The molecule has 26 heavy (non-hydrogen) atoms. The van der Waals surface area contributed by atoms with Crippen LogP contribution in [0.15, 0.2) is 47.6 Å². The van der Waals surface area contributed by atoms with Crippen LogP contribution >= 0.6 is 34.7 Å². The predicted molar refractivity (Wildman–Crippen MR) is 108 cm³/mol. The fourth-order valence-electron chi connectivity index (χ4n) is 2.50. The maximum atomic E-state index is 12.6. The second kappa shape index (κ2) is 8.70. The van der Waals surface area contributed by atoms with Gasteiger partial charge in [0.25, 0.3) is 0 Å². The Morgan fingerprint density at radius 3 is 2.65 bits per heavy atom. The van der Waals surface area contributed by atoms with E-state index in [0.717, 1.165) is 25.8 Å². The van der Waals surface area contributed by atoms with E-state index in [1.807, 2.05) is 65.9 Å². The molecule has 3 aromatic rings. The number of thioether (sulfide) groups is 1. The molecule has 0 saturated carbocycles. The Bertz CT molecular complexity index is 878. The zero-order valence-electron chi connectivity index (χ0n) is 14.6. The van der Waals surface area contributed by atoms with Gasteiger partial charge < -0.3 is 9.47 Å². The largest absolute Gasteiger partial charge is 0.337 e. The van der Waals surface area contributed by atoms with Crippen molar-refractivity contribution in [1.82, 2.24) is 19.7 Å². The van der Waals surface area contributed by atoms with Gasteiger partial charge in [0.1, 0.15) is 0 Å². The maximum Gasteiger partial charge on any atom is 0.233 e. The summed E-state index contributed by atoms with van der Waals surface area (Å²) in [5, 5.41) is 9.21. The van der Waals surface area contributed by atoms with Crippen LogP contribution in [0.25, 0.3) is 11.4 Å². The molecular formula is C18H19ClN4OS2. The number of amides is 1. The van der Waals surface area contributed by atoms with Gasteiger partial charge in [0.05, 0.1) is 16.6 Å². The van der Waals surface area contributed by atoms with Crippen molar-refractivity contribution in [3.8, 4) is 11.4 Å². The third-order valence-corrected chi connectivity index (χ3v) is 6.12. The van der Waals surface area contributed by atoms with Gasteiger partial charge in [-0.05, 0) is 19.1 Å². The van der Waals surface area contributed by atoms with Crippen molar-refractivity contribution in [3.05, 3.63) is 51.7 Å². The van der Waals surface area contributed by atoms with Crippen LogP contribution in [-0.2, 0) is 18.4 Å². The zero-order chi connectivity index (χ0) is 18.5. The van der Waals surface area contributed by atoms with Crippen molar-refractivity contribution < 1.29 is 4.79 Å². The minimum atomic E-state index is 0.0753. The third-order valence-electron chi connectivity index (χ3n) is 3.90. The molecule has 1 amide bonds. The van der Waals surface area contributed by atoms with E-state index in [2.05, 4.69) is 10.2 Å². The van der Waals surface area contributed by atoms with E-state index in [1.54, 1.807) is 0 Å². The number of rotatable bonds is 7. The normalized spacial score (nSPS) is 10.9. The Morgan fingerprint density at radius 1 is 1.23 bits per heavy atom. The number of carbonyl (C=O) groups is 1. The Labute approximate surface area is 166 Å². The first kappa shape index (κ1) is 18.9. The molecule has 0 saturated heterocycles. The number of halogens is 1. The molecule has 136 valence electrons. The van der Waals surface area contributed by atoms with Crippen LogP contribution in [0.2, 0.25) is 4.34 Å². The molecule has 0 aliphatic heterocycles. The van der Waals surface area contributed by atoms with Crippen LogP contribution in [0.3, 0.4) is 0 Å². The molecule has 3 rings (SSSR count). The van der Waals surface area contributed by atoms with Gasteiger partial charge in [-0.2, -0.15) is 0 Å². The van der Waals surface area contributed by atoms with Crippen LogP contribution in [0.1, 0.15) is 11.8 Å². The first-order chi connectivity index (χ1) is 12.6. The van der Waals surface area contributed by atoms with Gasteiger partial charge >= 0.3 is 0 Å². The molecule has 8 heteroatoms. The van der Waals surface area contributed by atoms with Gasteiger partial charge in [0, 0.05) is 24.0 Å². The summed E-state index contributed by atoms with van der Waals surface area (Å²) >= 11 is 8.88. The molecule has 1 aromatic carbocycles. The van der Waals surface area contributed by atoms with Crippen LogP contribution in [0, 0.1) is 0 Å². The molecule has 2 heterocycles. The summed E-state index contributed by atoms with van der Waals surface area (Å²) in [4.78, 5) is 15.5. The fourth-order valence-corrected chi connectivity index (χ4v) is 4.42. The lowest BCUT2D eigenvalue weighted by Gasteiger charge is -2.19. The van der Waals surface area contributed by atoms with Crippen LogP contribution in [0.5, 0.6) is 0 Å². The fraction of sp³-hybridized carbons (Fsp3) is 0.278. The van der Waals surface area contributed by atoms with E-state index in [9.17, 15) is 4.79 Å². The predicted octanol–water partition coefficient (Wildman–Crippen LogP) is 4.34. The van der Waals surface area contributed by atoms with Crippen LogP contribution in [-0.4, -0.2) is 37.9 Å². The standard InChI is InChI=1S/C18H19ClN4OS2/c1-3-23(11-14-9-10-15(19)26-14)16(24)12-25-18-21-20-17(22(18)2)13-7-5-4-6-8-13/h4-10H,3,11-12H2,1-2H3. The van der Waals surface area contributed by atoms with E-state index < -0.39 is 0 Å². The molecule has 0 N–H and O–H groups in total. The van der Waals surface area contributed by atoms with Crippen LogP contribution in [0.4, 0.5) is 0 Å². The molecule has 0 radical (unpaired) electrons. The molecule has 2 aromatic heterocycles. The van der Waals surface area contributed by atoms with Gasteiger partial charge in [-0.25, -0.2) is 0 Å². The van der Waals surface area contributed by atoms with Gasteiger partial charge in [-0.15, -0.1) is 21.5 Å². The molecule has 0 fully saturated rings. The minimum Gasteiger partial charge on any atom is -0.337 e. The highest BCUT2D eigenvalue weighted by Crippen LogP contribution is 2.25. The second-order valence-electron chi connectivity index (χ2n) is 5.63. The number of hydrogen-bond donors (Lipinski definition) is 0. The lowest BCUT2D eigenvalue weighted by molar-refractivity contribution is -0.128. The van der Waals surface area contributed by atoms with Gasteiger partial charge in [-0.3, -0.25) is 4.79 Å². The first-order valence-electron chi connectivity index (χ1n) is 8.18. The summed E-state index contributed by atoms with van der Waals surface area (Å²) in [5.41, 5.74) is 1.01. The number of nitrogens with zero attached hydrogens (tertiary/aromatic N) is 4. The highest BCUT2D eigenvalue weighted by Gasteiger charge is 2.17. The molecular weight excluding hydrogens is 388 g/mol. The molecule has 0 spiro atoms. The third kappa shape index (κ3) is 4.47. The maximum absolute atomic E-state index is 12.6. The summed E-state index contributed by atoms with van der Waals surface area (Å²) in [6.07, 6.45) is 0. The van der Waals surface area contributed by atoms with Gasteiger partial charge in [-0.1, -0.05) is 53.7 Å². The molecule has 5 nitrogen and oxygen atoms in total. The second-order valence-corrected chi connectivity index (χ2v) is 8.38. The zero-order valence-corrected chi connectivity index (χ0v) is 16.9. The van der Waals surface area contributed by atoms with Gasteiger partial charge in [0.2, 0.25) is 5.91 Å². The first-order valence-corrected chi connectivity index (χ1v) is 10.4. The number of aromatic nitrogens is 3. The smallest absolute Gasteiger partial charge is 0.233 e. The molecule has 0 unspecified atom stereocenters. The number of carbonyl (C=O) groups excluding carboxylic acids is 1. The minimum absolute atomic E-state index is 0.0753. The van der Waals surface area contributed by atoms with E-state index in [4.69, 9.17) is 11.6 Å². The number of thiophene rings is 1. The van der Waals surface area contributed by atoms with Crippen molar-refractivity contribution >= 4 is 40.6 Å². The SMILES string of the molecule is CCN(Cc1ccc(Cl)s1)C(=O)CSc1nnc(-c2ccccc2)n1C. The van der Waals surface area contributed by atoms with E-state index >= 15 is 0 Å². The average molecular weight is 407 g/mol. The van der Waals surface area contributed by atoms with Gasteiger partial charge in [0.15, 0.2) is 11.0 Å². The number of hydrogen-bond acceptors (Lipinski definition) is 5. The highest BCUT2D eigenvalue weighted by molar-refractivity contribution is 7.99. The van der Waals surface area contributed by atoms with Crippen molar-refractivity contribution in [2.24, 2.45) is 7.05 Å². The van der Waals surface area contributed by atoms with Crippen molar-refractivity contribution in [2.45, 2.75) is 18.6 Å². The monoisotopic (exact) mass is 406 g/mol. The Balaban J connectivity index is 1.63. The molecule has 0 bridgehead atoms. The summed E-state index contributed by atoms with van der Waals surface area (Å²) in [6.45, 7) is 3.22. The summed E-state index contributed by atoms with van der Waals surface area (Å²) in [5.74, 6) is 1.20. The Kier molecular flexibility index (Phi) is 6.34. The lowest BCUT2D eigenvalue weighted by atomic mass is 10.2. The van der Waals surface area contributed by atoms with Crippen molar-refractivity contribution in [3.63, 3.8) is 0 Å². The topological polar surface area (TPSA) is 51.0 Å². The lowest BCUT2D eigenvalue weighted by Crippen LogP contribution is -2.31. The average Bonchev–Trinajstić information content (AvgIpc) is 3.23. The molecule has 0 atom stereocenters. The summed E-state index contributed by atoms with van der Waals surface area (Å²) < 4.78 is 2.66. The van der Waals surface area contributed by atoms with Crippen LogP contribution < -0.4 is 0 Å². The van der Waals surface area contributed by atoms with Crippen molar-refractivity contribution in [2.75, 3.05) is 12.3 Å². The Hall–Kier alpha value is -1.83. The Morgan fingerprint density at radius 2 is 2.00 bits per heavy atom. The highest BCUT2D eigenvalue weighted by atomic mass is 35.5. The number of benzene rings is 1. The van der Waals surface area contributed by atoms with E-state index in [-0.39, 0.29) is 5.91 Å². The summed E-state index contributed by atoms with van der Waals surface area (Å²) in [7, 11) is 1.92. The van der Waals surface area contributed by atoms with Crippen molar-refractivity contribution in [1.29, 1.82) is 0 Å². The van der Waals surface area contributed by atoms with E-state index in [1.165, 1.54) is 23.1 Å². The summed E-state index contributed by atoms with van der Waals surface area (Å²) in [6, 6.07) is 13.7. The molecule has 0 aliphatic rings. The molecule has 0 aliphatic carbocycles. The quantitative estimate of drug-likeness (QED) is 0.548.